The van der Waals surface area contributed by atoms with Gasteiger partial charge in [-0.05, 0) is 42.5 Å². The molecule has 0 saturated heterocycles. The maximum absolute atomic E-state index is 12.8. The number of benzene rings is 1. The number of hydrogen-bond acceptors (Lipinski definition) is 6. The van der Waals surface area contributed by atoms with E-state index < -0.39 is 0 Å². The Bertz CT molecular complexity index is 1030. The summed E-state index contributed by atoms with van der Waals surface area (Å²) in [5, 5.41) is 1.12. The zero-order chi connectivity index (χ0) is 21.1. The predicted octanol–water partition coefficient (Wildman–Crippen LogP) is 5.82. The Morgan fingerprint density at radius 2 is 1.93 bits per heavy atom. The first-order valence-electron chi connectivity index (χ1n) is 10.4. The van der Waals surface area contributed by atoms with E-state index in [9.17, 15) is 4.79 Å². The summed E-state index contributed by atoms with van der Waals surface area (Å²) in [6, 6.07) is 10.4. The fourth-order valence-corrected chi connectivity index (χ4v) is 5.44. The van der Waals surface area contributed by atoms with E-state index in [1.165, 1.54) is 30.6 Å². The third-order valence-corrected chi connectivity index (χ3v) is 7.19. The van der Waals surface area contributed by atoms with Gasteiger partial charge in [-0.1, -0.05) is 49.6 Å². The average molecular weight is 444 g/mol. The molecule has 1 aliphatic rings. The first kappa shape index (κ1) is 21.1. The molecule has 3 aromatic rings. The smallest absolute Gasteiger partial charge is 0.348 e. The number of aryl methyl sites for hydroxylation is 1. The monoisotopic (exact) mass is 443 g/mol. The van der Waals surface area contributed by atoms with E-state index in [0.717, 1.165) is 40.0 Å². The lowest BCUT2D eigenvalue weighted by Gasteiger charge is -2.32. The summed E-state index contributed by atoms with van der Waals surface area (Å²) in [5.41, 5.74) is 2.02. The van der Waals surface area contributed by atoms with Gasteiger partial charge in [-0.2, -0.15) is 4.98 Å². The third kappa shape index (κ3) is 4.44. The quantitative estimate of drug-likeness (QED) is 0.354. The summed E-state index contributed by atoms with van der Waals surface area (Å²) < 4.78 is 5.57. The highest BCUT2D eigenvalue weighted by Crippen LogP contribution is 2.38. The van der Waals surface area contributed by atoms with Gasteiger partial charge in [-0.15, -0.1) is 11.3 Å². The molecule has 1 aliphatic carbocycles. The van der Waals surface area contributed by atoms with Crippen LogP contribution in [-0.2, 0) is 11.2 Å². The topological polar surface area (TPSA) is 55.3 Å². The Balaban J connectivity index is 1.57. The molecule has 0 spiro atoms. The molecule has 1 fully saturated rings. The first-order chi connectivity index (χ1) is 14.5. The van der Waals surface area contributed by atoms with Crippen molar-refractivity contribution in [3.63, 3.8) is 0 Å². The minimum Gasteiger partial charge on any atom is -0.461 e. The number of aromatic nitrogens is 2. The zero-order valence-corrected chi connectivity index (χ0v) is 18.9. The number of rotatable bonds is 6. The number of carbonyl (C=O) groups excluding carboxylic acids is 1. The largest absolute Gasteiger partial charge is 0.461 e. The van der Waals surface area contributed by atoms with Gasteiger partial charge >= 0.3 is 5.97 Å². The van der Waals surface area contributed by atoms with Crippen LogP contribution in [0.15, 0.2) is 30.3 Å². The number of ether oxygens (including phenoxy) is 1. The molecule has 2 heterocycles. The molecule has 2 aromatic heterocycles. The van der Waals surface area contributed by atoms with Crippen molar-refractivity contribution in [2.24, 2.45) is 0 Å². The molecule has 1 saturated carbocycles. The highest BCUT2D eigenvalue weighted by Gasteiger charge is 2.26. The number of fused-ring (bicyclic) bond motifs is 1. The Hall–Kier alpha value is -2.18. The summed E-state index contributed by atoms with van der Waals surface area (Å²) in [5.74, 6) is 0.503. The Morgan fingerprint density at radius 3 is 2.67 bits per heavy atom. The van der Waals surface area contributed by atoms with Crippen molar-refractivity contribution in [1.82, 2.24) is 9.97 Å². The molecule has 0 N–H and O–H groups in total. The van der Waals surface area contributed by atoms with E-state index in [1.54, 1.807) is 0 Å². The molecule has 0 amide bonds. The van der Waals surface area contributed by atoms with Crippen LogP contribution in [0.1, 0.15) is 52.9 Å². The molecule has 0 aliphatic heterocycles. The number of nitrogens with zero attached hydrogens (tertiary/aromatic N) is 3. The van der Waals surface area contributed by atoms with E-state index in [1.807, 2.05) is 37.3 Å². The van der Waals surface area contributed by atoms with E-state index in [0.29, 0.717) is 23.9 Å². The van der Waals surface area contributed by atoms with Gasteiger partial charge in [0.15, 0.2) is 0 Å². The van der Waals surface area contributed by atoms with E-state index in [4.69, 9.17) is 16.3 Å². The van der Waals surface area contributed by atoms with Crippen LogP contribution in [0.5, 0.6) is 0 Å². The number of thiophene rings is 1. The molecule has 0 atom stereocenters. The second kappa shape index (κ2) is 9.31. The lowest BCUT2D eigenvalue weighted by molar-refractivity contribution is 0.0514. The van der Waals surface area contributed by atoms with E-state index >= 15 is 0 Å². The minimum absolute atomic E-state index is 0.213. The summed E-state index contributed by atoms with van der Waals surface area (Å²) in [4.78, 5) is 25.3. The Morgan fingerprint density at radius 1 is 1.20 bits per heavy atom. The number of halogens is 1. The van der Waals surface area contributed by atoms with Crippen molar-refractivity contribution in [2.75, 3.05) is 18.6 Å². The van der Waals surface area contributed by atoms with Crippen LogP contribution in [0.3, 0.4) is 0 Å². The van der Waals surface area contributed by atoms with Gasteiger partial charge in [-0.25, -0.2) is 9.78 Å². The van der Waals surface area contributed by atoms with Crippen molar-refractivity contribution in [3.8, 4) is 0 Å². The number of anilines is 1. The fraction of sp³-hybridized carbons (Fsp3) is 0.435. The van der Waals surface area contributed by atoms with Gasteiger partial charge in [0, 0.05) is 19.5 Å². The van der Waals surface area contributed by atoms with Gasteiger partial charge in [0.1, 0.15) is 15.5 Å². The summed E-state index contributed by atoms with van der Waals surface area (Å²) in [6.45, 7) is 2.29. The van der Waals surface area contributed by atoms with Crippen LogP contribution in [0, 0.1) is 6.92 Å². The van der Waals surface area contributed by atoms with Gasteiger partial charge in [0.25, 0.3) is 0 Å². The summed E-state index contributed by atoms with van der Waals surface area (Å²) in [7, 11) is 2.07. The van der Waals surface area contributed by atoms with Gasteiger partial charge in [0.05, 0.1) is 12.0 Å². The summed E-state index contributed by atoms with van der Waals surface area (Å²) in [6.07, 6.45) is 6.75. The van der Waals surface area contributed by atoms with Gasteiger partial charge in [-0.3, -0.25) is 0 Å². The van der Waals surface area contributed by atoms with Gasteiger partial charge in [0.2, 0.25) is 5.28 Å². The fourth-order valence-electron chi connectivity index (χ4n) is 4.16. The van der Waals surface area contributed by atoms with Crippen LogP contribution in [0.2, 0.25) is 5.28 Å². The SMILES string of the molecule is Cc1c(C(=O)OCCc2ccccc2)sc2nc(Cl)nc(N(C)C3CCCCC3)c12. The number of carbonyl (C=O) groups is 1. The Labute approximate surface area is 186 Å². The third-order valence-electron chi connectivity index (χ3n) is 5.85. The average Bonchev–Trinajstić information content (AvgIpc) is 3.10. The van der Waals surface area contributed by atoms with E-state index in [2.05, 4.69) is 21.9 Å². The van der Waals surface area contributed by atoms with Crippen molar-refractivity contribution >= 4 is 44.9 Å². The number of hydrogen-bond donors (Lipinski definition) is 0. The maximum Gasteiger partial charge on any atom is 0.348 e. The van der Waals surface area contributed by atoms with Gasteiger partial charge < -0.3 is 9.64 Å². The maximum atomic E-state index is 12.8. The van der Waals surface area contributed by atoms with E-state index in [-0.39, 0.29) is 11.3 Å². The van der Waals surface area contributed by atoms with Crippen molar-refractivity contribution in [3.05, 3.63) is 51.6 Å². The molecule has 0 bridgehead atoms. The number of esters is 1. The molecule has 7 heteroatoms. The highest BCUT2D eigenvalue weighted by molar-refractivity contribution is 7.20. The van der Waals surface area contributed by atoms with Crippen LogP contribution in [0.4, 0.5) is 5.82 Å². The van der Waals surface area contributed by atoms with Crippen LogP contribution < -0.4 is 4.90 Å². The van der Waals surface area contributed by atoms with Crippen molar-refractivity contribution in [1.29, 1.82) is 0 Å². The van der Waals surface area contributed by atoms with Crippen molar-refractivity contribution < 1.29 is 9.53 Å². The predicted molar refractivity (Wildman–Crippen MR) is 123 cm³/mol. The minimum atomic E-state index is -0.311. The zero-order valence-electron chi connectivity index (χ0n) is 17.4. The molecule has 5 nitrogen and oxygen atoms in total. The molecule has 30 heavy (non-hydrogen) atoms. The van der Waals surface area contributed by atoms with Crippen LogP contribution in [0.25, 0.3) is 10.2 Å². The molecular weight excluding hydrogens is 418 g/mol. The normalized spacial score (nSPS) is 14.8. The molecule has 0 unspecified atom stereocenters. The molecule has 4 rings (SSSR count). The highest BCUT2D eigenvalue weighted by atomic mass is 35.5. The molecule has 1 aromatic carbocycles. The lowest BCUT2D eigenvalue weighted by atomic mass is 9.94. The van der Waals surface area contributed by atoms with Crippen LogP contribution >= 0.6 is 22.9 Å². The standard InChI is InChI=1S/C23H26ClN3O2S/c1-15-18-20(27(2)17-11-7-4-8-12-17)25-23(24)26-21(18)30-19(15)22(28)29-14-13-16-9-5-3-6-10-16/h3,5-6,9-10,17H,4,7-8,11-14H2,1-2H3. The second-order valence-corrected chi connectivity index (χ2v) is 9.16. The molecular formula is C23H26ClN3O2S. The molecule has 0 radical (unpaired) electrons. The Kier molecular flexibility index (Phi) is 6.54. The summed E-state index contributed by atoms with van der Waals surface area (Å²) >= 11 is 7.57. The first-order valence-corrected chi connectivity index (χ1v) is 11.6. The van der Waals surface area contributed by atoms with Crippen LogP contribution in [-0.4, -0.2) is 35.6 Å². The van der Waals surface area contributed by atoms with Crippen molar-refractivity contribution in [2.45, 2.75) is 51.5 Å². The lowest BCUT2D eigenvalue weighted by Crippen LogP contribution is -2.34. The molecule has 158 valence electrons. The second-order valence-electron chi connectivity index (χ2n) is 7.83.